The maximum absolute atomic E-state index is 11.9. The number of thioether (sulfide) groups is 1. The molecule has 2 N–H and O–H groups in total. The fourth-order valence-electron chi connectivity index (χ4n) is 2.21. The van der Waals surface area contributed by atoms with Crippen LogP contribution in [-0.4, -0.2) is 31.1 Å². The highest BCUT2D eigenvalue weighted by Crippen LogP contribution is 2.46. The van der Waals surface area contributed by atoms with Crippen molar-refractivity contribution in [2.45, 2.75) is 14.7 Å². The van der Waals surface area contributed by atoms with Crippen LogP contribution in [0.4, 0.5) is 0 Å². The Hall–Kier alpha value is -1.46. The first kappa shape index (κ1) is 14.5. The average molecular weight is 346 g/mol. The third-order valence-corrected chi connectivity index (χ3v) is 5.95. The number of hydrogen-bond acceptors (Lipinski definition) is 6. The zero-order chi connectivity index (χ0) is 15.6. The molecule has 10 heteroatoms. The van der Waals surface area contributed by atoms with Gasteiger partial charge in [-0.25, -0.2) is 0 Å². The molecule has 0 saturated carbocycles. The fraction of sp³-hybridized carbons (Fsp3) is 0. The minimum absolute atomic E-state index is 0.0238. The molecule has 0 aliphatic carbocycles. The van der Waals surface area contributed by atoms with Crippen molar-refractivity contribution in [1.29, 1.82) is 0 Å². The van der Waals surface area contributed by atoms with Crippen LogP contribution in [0.2, 0.25) is 0 Å². The zero-order valence-corrected chi connectivity index (χ0v) is 12.4. The molecule has 1 heterocycles. The van der Waals surface area contributed by atoms with E-state index in [-0.39, 0.29) is 21.2 Å². The van der Waals surface area contributed by atoms with E-state index in [4.69, 9.17) is 0 Å². The number of hydrogen-bond donors (Lipinski definition) is 2. The highest BCUT2D eigenvalue weighted by atomic mass is 32.2. The van der Waals surface area contributed by atoms with E-state index in [0.717, 1.165) is 0 Å². The Morgan fingerprint density at radius 2 is 1.57 bits per heavy atom. The van der Waals surface area contributed by atoms with Crippen LogP contribution in [0, 0.1) is 0 Å². The van der Waals surface area contributed by atoms with Gasteiger partial charge in [-0.05, 0) is 23.9 Å². The first-order valence-corrected chi connectivity index (χ1v) is 9.07. The maximum Gasteiger partial charge on any atom is 0.295 e. The molecular weight excluding hydrogens is 340 g/mol. The average Bonchev–Trinajstić information content (AvgIpc) is 2.66. The third kappa shape index (κ3) is 2.15. The second kappa shape index (κ2) is 4.27. The molecule has 0 spiro atoms. The SMILES string of the molecule is O=C1Sc2c(S(=O)(=O)O)cc(S(=O)(=O)O)c3cccc1c23. The van der Waals surface area contributed by atoms with Crippen LogP contribution in [0.15, 0.2) is 39.0 Å². The molecule has 0 amide bonds. The van der Waals surface area contributed by atoms with Gasteiger partial charge in [0.15, 0.2) is 0 Å². The Bertz CT molecular complexity index is 1020. The highest BCUT2D eigenvalue weighted by Gasteiger charge is 2.33. The molecular formula is C11H6O7S3. The topological polar surface area (TPSA) is 126 Å². The van der Waals surface area contributed by atoms with Crippen molar-refractivity contribution in [3.8, 4) is 0 Å². The Balaban J connectivity index is 2.64. The second-order valence-corrected chi connectivity index (χ2v) is 8.03. The van der Waals surface area contributed by atoms with Gasteiger partial charge in [0.25, 0.3) is 20.2 Å². The van der Waals surface area contributed by atoms with E-state index in [1.54, 1.807) is 0 Å². The summed E-state index contributed by atoms with van der Waals surface area (Å²) in [6.07, 6.45) is 0. The Morgan fingerprint density at radius 3 is 2.14 bits per heavy atom. The lowest BCUT2D eigenvalue weighted by Gasteiger charge is -2.09. The van der Waals surface area contributed by atoms with Crippen molar-refractivity contribution in [3.05, 3.63) is 29.8 Å². The van der Waals surface area contributed by atoms with Crippen molar-refractivity contribution in [3.63, 3.8) is 0 Å². The van der Waals surface area contributed by atoms with Crippen LogP contribution < -0.4 is 0 Å². The monoisotopic (exact) mass is 346 g/mol. The summed E-state index contributed by atoms with van der Waals surface area (Å²) >= 11 is 0.588. The quantitative estimate of drug-likeness (QED) is 0.785. The number of benzene rings is 2. The van der Waals surface area contributed by atoms with E-state index in [2.05, 4.69) is 0 Å². The minimum Gasteiger partial charge on any atom is -0.282 e. The lowest BCUT2D eigenvalue weighted by atomic mass is 10.1. The molecule has 0 atom stereocenters. The van der Waals surface area contributed by atoms with Crippen molar-refractivity contribution < 1.29 is 30.7 Å². The lowest BCUT2D eigenvalue weighted by Crippen LogP contribution is -2.05. The number of carbonyl (C=O) groups excluding carboxylic acids is 1. The van der Waals surface area contributed by atoms with Gasteiger partial charge >= 0.3 is 0 Å². The lowest BCUT2D eigenvalue weighted by molar-refractivity contribution is 0.109. The van der Waals surface area contributed by atoms with Crippen molar-refractivity contribution in [2.24, 2.45) is 0 Å². The summed E-state index contributed by atoms with van der Waals surface area (Å²) in [5, 5.41) is -0.348. The van der Waals surface area contributed by atoms with E-state index >= 15 is 0 Å². The molecule has 3 rings (SSSR count). The summed E-state index contributed by atoms with van der Waals surface area (Å²) in [5.74, 6) is 0. The van der Waals surface area contributed by atoms with Crippen LogP contribution in [0.5, 0.6) is 0 Å². The predicted octanol–water partition coefficient (Wildman–Crippen LogP) is 1.58. The molecule has 2 aromatic carbocycles. The smallest absolute Gasteiger partial charge is 0.282 e. The van der Waals surface area contributed by atoms with Gasteiger partial charge in [0, 0.05) is 21.2 Å². The van der Waals surface area contributed by atoms with Gasteiger partial charge in [-0.15, -0.1) is 0 Å². The molecule has 0 saturated heterocycles. The first-order chi connectivity index (χ1) is 9.60. The van der Waals surface area contributed by atoms with Gasteiger partial charge < -0.3 is 0 Å². The van der Waals surface area contributed by atoms with Crippen LogP contribution in [0.25, 0.3) is 10.8 Å². The molecule has 1 aliphatic rings. The summed E-state index contributed by atoms with van der Waals surface area (Å²) in [5.41, 5.74) is 0.128. The summed E-state index contributed by atoms with van der Waals surface area (Å²) < 4.78 is 64.2. The summed E-state index contributed by atoms with van der Waals surface area (Å²) in [6.45, 7) is 0. The van der Waals surface area contributed by atoms with E-state index in [9.17, 15) is 30.7 Å². The summed E-state index contributed by atoms with van der Waals surface area (Å²) in [6, 6.07) is 4.83. The molecule has 110 valence electrons. The van der Waals surface area contributed by atoms with Gasteiger partial charge in [0.05, 0.1) is 0 Å². The molecule has 0 fully saturated rings. The fourth-order valence-corrected chi connectivity index (χ4v) is 4.99. The molecule has 1 aliphatic heterocycles. The number of carbonyl (C=O) groups is 1. The van der Waals surface area contributed by atoms with Gasteiger partial charge in [0.2, 0.25) is 5.12 Å². The molecule has 0 unspecified atom stereocenters. The third-order valence-electron chi connectivity index (χ3n) is 3.01. The Labute approximate surface area is 123 Å². The standard InChI is InChI=1S/C11H6O7S3/c12-11-6-3-1-2-5-7(20(13,14)15)4-8(21(16,17)18)10(19-11)9(5)6/h1-4H,(H,13,14,15)(H,16,17,18). The normalized spacial score (nSPS) is 14.9. The van der Waals surface area contributed by atoms with Crippen LogP contribution in [0.3, 0.4) is 0 Å². The summed E-state index contributed by atoms with van der Waals surface area (Å²) in [7, 11) is -9.49. The largest absolute Gasteiger partial charge is 0.295 e. The second-order valence-electron chi connectivity index (χ2n) is 4.27. The van der Waals surface area contributed by atoms with E-state index in [0.29, 0.717) is 17.8 Å². The first-order valence-electron chi connectivity index (χ1n) is 5.37. The van der Waals surface area contributed by atoms with Crippen LogP contribution >= 0.6 is 11.8 Å². The van der Waals surface area contributed by atoms with Gasteiger partial charge in [-0.2, -0.15) is 16.8 Å². The van der Waals surface area contributed by atoms with Gasteiger partial charge in [-0.3, -0.25) is 13.9 Å². The minimum atomic E-state index is -4.76. The van der Waals surface area contributed by atoms with E-state index in [1.807, 2.05) is 0 Å². The Morgan fingerprint density at radius 1 is 0.952 bits per heavy atom. The van der Waals surface area contributed by atoms with Crippen molar-refractivity contribution in [2.75, 3.05) is 0 Å². The molecule has 2 aromatic rings. The predicted molar refractivity (Wildman–Crippen MR) is 73.8 cm³/mol. The Kier molecular flexibility index (Phi) is 2.94. The van der Waals surface area contributed by atoms with Crippen molar-refractivity contribution in [1.82, 2.24) is 0 Å². The van der Waals surface area contributed by atoms with Crippen LogP contribution in [0.1, 0.15) is 10.4 Å². The van der Waals surface area contributed by atoms with E-state index < -0.39 is 35.1 Å². The maximum atomic E-state index is 11.9. The van der Waals surface area contributed by atoms with Gasteiger partial charge in [-0.1, -0.05) is 12.1 Å². The molecule has 0 bridgehead atoms. The highest BCUT2D eigenvalue weighted by molar-refractivity contribution is 8.15. The molecule has 21 heavy (non-hydrogen) atoms. The molecule has 7 nitrogen and oxygen atoms in total. The summed E-state index contributed by atoms with van der Waals surface area (Å²) in [4.78, 5) is 10.4. The molecule has 0 aromatic heterocycles. The van der Waals surface area contributed by atoms with Crippen LogP contribution in [-0.2, 0) is 20.2 Å². The number of rotatable bonds is 2. The van der Waals surface area contributed by atoms with Crippen molar-refractivity contribution >= 4 is 47.9 Å². The van der Waals surface area contributed by atoms with E-state index in [1.165, 1.54) is 18.2 Å². The van der Waals surface area contributed by atoms with Gasteiger partial charge in [0.1, 0.15) is 9.79 Å². The molecule has 0 radical (unpaired) electrons. The zero-order valence-electron chi connectivity index (χ0n) is 9.97.